The predicted octanol–water partition coefficient (Wildman–Crippen LogP) is 3.35. The zero-order chi connectivity index (χ0) is 14.8. The third kappa shape index (κ3) is 3.69. The second-order valence-corrected chi connectivity index (χ2v) is 6.87. The maximum Gasteiger partial charge on any atom is 0.223 e. The highest BCUT2D eigenvalue weighted by Gasteiger charge is 2.35. The van der Waals surface area contributed by atoms with Gasteiger partial charge in [-0.05, 0) is 44.4 Å². The fourth-order valence-corrected chi connectivity index (χ4v) is 2.78. The van der Waals surface area contributed by atoms with Crippen molar-refractivity contribution in [2.75, 3.05) is 6.54 Å². The molecule has 0 N–H and O–H groups in total. The number of nitrogens with zero attached hydrogens (tertiary/aromatic N) is 1. The van der Waals surface area contributed by atoms with Crippen molar-refractivity contribution in [1.82, 2.24) is 4.90 Å². The van der Waals surface area contributed by atoms with Crippen molar-refractivity contribution in [3.8, 4) is 0 Å². The monoisotopic (exact) mass is 337 g/mol. The summed E-state index contributed by atoms with van der Waals surface area (Å²) in [5.74, 6) is 0.243. The number of hydrogen-bond donors (Lipinski definition) is 0. The molecule has 1 aromatic rings. The van der Waals surface area contributed by atoms with Gasteiger partial charge in [-0.2, -0.15) is 0 Å². The zero-order valence-electron chi connectivity index (χ0n) is 12.0. The highest BCUT2D eigenvalue weighted by molar-refractivity contribution is 9.10. The molecule has 3 nitrogen and oxygen atoms in total. The van der Waals surface area contributed by atoms with Gasteiger partial charge >= 0.3 is 0 Å². The lowest BCUT2D eigenvalue weighted by atomic mass is 9.89. The molecule has 20 heavy (non-hydrogen) atoms. The van der Waals surface area contributed by atoms with Crippen LogP contribution in [0.4, 0.5) is 0 Å². The van der Waals surface area contributed by atoms with Crippen LogP contribution in [0, 0.1) is 0 Å². The molecule has 0 atom stereocenters. The van der Waals surface area contributed by atoms with Crippen LogP contribution >= 0.6 is 15.9 Å². The van der Waals surface area contributed by atoms with Crippen molar-refractivity contribution >= 4 is 27.6 Å². The summed E-state index contributed by atoms with van der Waals surface area (Å²) in [4.78, 5) is 25.7. The molecule has 1 amide bonds. The van der Waals surface area contributed by atoms with Crippen LogP contribution in [-0.2, 0) is 16.0 Å². The third-order valence-electron chi connectivity index (χ3n) is 3.92. The number of amides is 1. The van der Waals surface area contributed by atoms with Crippen molar-refractivity contribution < 1.29 is 9.59 Å². The third-order valence-corrected chi connectivity index (χ3v) is 4.45. The number of piperidine rings is 1. The molecule has 108 valence electrons. The normalized spacial score (nSPS) is 18.1. The van der Waals surface area contributed by atoms with Gasteiger partial charge in [-0.3, -0.25) is 9.59 Å². The zero-order valence-corrected chi connectivity index (χ0v) is 13.6. The Balaban J connectivity index is 1.96. The Morgan fingerprint density at radius 2 is 1.95 bits per heavy atom. The Bertz CT molecular complexity index is 508. The van der Waals surface area contributed by atoms with Gasteiger partial charge in [0.2, 0.25) is 5.91 Å². The number of aryl methyl sites for hydroxylation is 1. The van der Waals surface area contributed by atoms with Crippen LogP contribution in [-0.4, -0.2) is 28.7 Å². The van der Waals surface area contributed by atoms with Gasteiger partial charge in [0, 0.05) is 22.9 Å². The maximum atomic E-state index is 12.4. The van der Waals surface area contributed by atoms with E-state index in [-0.39, 0.29) is 23.8 Å². The number of benzene rings is 1. The van der Waals surface area contributed by atoms with Crippen LogP contribution in [0.15, 0.2) is 28.7 Å². The fourth-order valence-electron chi connectivity index (χ4n) is 2.51. The SMILES string of the molecule is CC1(C)CCC(=O)CN1C(=O)CCc1ccc(Br)cc1. The van der Waals surface area contributed by atoms with E-state index in [4.69, 9.17) is 0 Å². The average molecular weight is 338 g/mol. The quantitative estimate of drug-likeness (QED) is 0.848. The van der Waals surface area contributed by atoms with Crippen LogP contribution in [0.3, 0.4) is 0 Å². The Labute approximate surface area is 128 Å². The topological polar surface area (TPSA) is 37.4 Å². The first-order valence-electron chi connectivity index (χ1n) is 6.95. The first-order chi connectivity index (χ1) is 9.38. The van der Waals surface area contributed by atoms with Gasteiger partial charge in [0.25, 0.3) is 0 Å². The predicted molar refractivity (Wildman–Crippen MR) is 82.5 cm³/mol. The van der Waals surface area contributed by atoms with E-state index in [1.807, 2.05) is 38.1 Å². The summed E-state index contributed by atoms with van der Waals surface area (Å²) in [6.07, 6.45) is 2.52. The first kappa shape index (κ1) is 15.2. The fraction of sp³-hybridized carbons (Fsp3) is 0.500. The summed E-state index contributed by atoms with van der Waals surface area (Å²) in [7, 11) is 0. The largest absolute Gasteiger partial charge is 0.330 e. The van der Waals surface area contributed by atoms with E-state index in [0.29, 0.717) is 19.3 Å². The molecular weight excluding hydrogens is 318 g/mol. The van der Waals surface area contributed by atoms with Crippen LogP contribution in [0.2, 0.25) is 0 Å². The number of ketones is 1. The minimum atomic E-state index is -0.204. The summed E-state index contributed by atoms with van der Waals surface area (Å²) in [6, 6.07) is 8.00. The molecule has 1 aliphatic heterocycles. The molecule has 0 aliphatic carbocycles. The van der Waals surface area contributed by atoms with Crippen LogP contribution < -0.4 is 0 Å². The summed E-state index contributed by atoms with van der Waals surface area (Å²) in [5, 5.41) is 0. The Hall–Kier alpha value is -1.16. The second kappa shape index (κ2) is 6.08. The molecule has 0 bridgehead atoms. The van der Waals surface area contributed by atoms with Gasteiger partial charge < -0.3 is 4.90 Å². The minimum absolute atomic E-state index is 0.0750. The number of halogens is 1. The summed E-state index contributed by atoms with van der Waals surface area (Å²) < 4.78 is 1.04. The van der Waals surface area contributed by atoms with Gasteiger partial charge in [0.15, 0.2) is 5.78 Å². The molecule has 1 aliphatic rings. The molecule has 0 aromatic heterocycles. The number of Topliss-reactive ketones (excluding diaryl/α,β-unsaturated/α-hetero) is 1. The summed E-state index contributed by atoms with van der Waals surface area (Å²) in [6.45, 7) is 4.35. The van der Waals surface area contributed by atoms with E-state index in [1.165, 1.54) is 0 Å². The van der Waals surface area contributed by atoms with Crippen LogP contribution in [0.5, 0.6) is 0 Å². The molecule has 0 spiro atoms. The van der Waals surface area contributed by atoms with Crippen molar-refractivity contribution in [2.24, 2.45) is 0 Å². The number of rotatable bonds is 3. The van der Waals surface area contributed by atoms with Gasteiger partial charge in [0.05, 0.1) is 6.54 Å². The second-order valence-electron chi connectivity index (χ2n) is 5.96. The van der Waals surface area contributed by atoms with E-state index in [9.17, 15) is 9.59 Å². The van der Waals surface area contributed by atoms with Crippen LogP contribution in [0.1, 0.15) is 38.7 Å². The molecule has 0 unspecified atom stereocenters. The highest BCUT2D eigenvalue weighted by atomic mass is 79.9. The smallest absolute Gasteiger partial charge is 0.223 e. The number of hydrogen-bond acceptors (Lipinski definition) is 2. The van der Waals surface area contributed by atoms with Crippen molar-refractivity contribution in [3.63, 3.8) is 0 Å². The minimum Gasteiger partial charge on any atom is -0.330 e. The lowest BCUT2D eigenvalue weighted by Crippen LogP contribution is -2.53. The molecular formula is C16H20BrNO2. The van der Waals surface area contributed by atoms with E-state index in [1.54, 1.807) is 4.90 Å². The molecule has 1 heterocycles. The van der Waals surface area contributed by atoms with Crippen molar-refractivity contribution in [1.29, 1.82) is 0 Å². The van der Waals surface area contributed by atoms with Crippen molar-refractivity contribution in [3.05, 3.63) is 34.3 Å². The lowest BCUT2D eigenvalue weighted by Gasteiger charge is -2.41. The molecule has 2 rings (SSSR count). The summed E-state index contributed by atoms with van der Waals surface area (Å²) in [5.41, 5.74) is 0.938. The molecule has 0 radical (unpaired) electrons. The molecule has 4 heteroatoms. The summed E-state index contributed by atoms with van der Waals surface area (Å²) >= 11 is 3.40. The molecule has 1 fully saturated rings. The first-order valence-corrected chi connectivity index (χ1v) is 7.74. The highest BCUT2D eigenvalue weighted by Crippen LogP contribution is 2.26. The Morgan fingerprint density at radius 3 is 2.60 bits per heavy atom. The average Bonchev–Trinajstić information content (AvgIpc) is 2.40. The van der Waals surface area contributed by atoms with Crippen LogP contribution in [0.25, 0.3) is 0 Å². The Kier molecular flexibility index (Phi) is 4.63. The number of carbonyl (C=O) groups is 2. The molecule has 1 saturated heterocycles. The number of carbonyl (C=O) groups excluding carboxylic acids is 2. The standard InChI is InChI=1S/C16H20BrNO2/c1-16(2)10-9-14(19)11-18(16)15(20)8-5-12-3-6-13(17)7-4-12/h3-4,6-7H,5,8-11H2,1-2H3. The van der Waals surface area contributed by atoms with E-state index in [2.05, 4.69) is 15.9 Å². The van der Waals surface area contributed by atoms with Gasteiger partial charge in [0.1, 0.15) is 0 Å². The maximum absolute atomic E-state index is 12.4. The lowest BCUT2D eigenvalue weighted by molar-refractivity contribution is -0.144. The number of likely N-dealkylation sites (tertiary alicyclic amines) is 1. The van der Waals surface area contributed by atoms with E-state index < -0.39 is 0 Å². The molecule has 0 saturated carbocycles. The van der Waals surface area contributed by atoms with E-state index in [0.717, 1.165) is 16.5 Å². The van der Waals surface area contributed by atoms with Gasteiger partial charge in [-0.25, -0.2) is 0 Å². The van der Waals surface area contributed by atoms with E-state index >= 15 is 0 Å². The van der Waals surface area contributed by atoms with Gasteiger partial charge in [-0.15, -0.1) is 0 Å². The Morgan fingerprint density at radius 1 is 1.30 bits per heavy atom. The van der Waals surface area contributed by atoms with Gasteiger partial charge in [-0.1, -0.05) is 28.1 Å². The molecule has 1 aromatic carbocycles. The van der Waals surface area contributed by atoms with Crippen molar-refractivity contribution in [2.45, 2.75) is 45.1 Å².